The Morgan fingerprint density at radius 1 is 1.22 bits per heavy atom. The number of benzene rings is 1. The van der Waals surface area contributed by atoms with E-state index < -0.39 is 0 Å². The minimum atomic E-state index is 0.578. The van der Waals surface area contributed by atoms with Gasteiger partial charge in [0, 0.05) is 42.5 Å². The summed E-state index contributed by atoms with van der Waals surface area (Å²) in [5, 5.41) is 9.30. The molecule has 0 unspecified atom stereocenters. The van der Waals surface area contributed by atoms with Crippen molar-refractivity contribution in [2.75, 3.05) is 33.4 Å². The van der Waals surface area contributed by atoms with E-state index in [1.165, 1.54) is 24.1 Å². The van der Waals surface area contributed by atoms with Gasteiger partial charge in [0.25, 0.3) is 0 Å². The van der Waals surface area contributed by atoms with Gasteiger partial charge in [-0.2, -0.15) is 5.10 Å². The number of nitrogens with one attached hydrogen (secondary N) is 1. The van der Waals surface area contributed by atoms with Gasteiger partial charge in [-0.3, -0.25) is 4.68 Å². The predicted molar refractivity (Wildman–Crippen MR) is 110 cm³/mol. The highest BCUT2D eigenvalue weighted by molar-refractivity contribution is 6.31. The predicted octanol–water partition coefficient (Wildman–Crippen LogP) is 3.40. The Morgan fingerprint density at radius 3 is 2.67 bits per heavy atom. The smallest absolute Gasteiger partial charge is 0.0677 e. The van der Waals surface area contributed by atoms with Gasteiger partial charge in [-0.1, -0.05) is 29.8 Å². The summed E-state index contributed by atoms with van der Waals surface area (Å²) in [7, 11) is 1.77. The first-order valence-corrected chi connectivity index (χ1v) is 10.2. The summed E-state index contributed by atoms with van der Waals surface area (Å²) in [4.78, 5) is 2.49. The zero-order valence-electron chi connectivity index (χ0n) is 16.7. The fourth-order valence-corrected chi connectivity index (χ4v) is 3.95. The molecule has 1 fully saturated rings. The molecule has 1 saturated heterocycles. The van der Waals surface area contributed by atoms with Gasteiger partial charge in [-0.05, 0) is 51.4 Å². The highest BCUT2D eigenvalue weighted by Gasteiger charge is 2.20. The topological polar surface area (TPSA) is 42.3 Å². The maximum Gasteiger partial charge on any atom is 0.0677 e. The van der Waals surface area contributed by atoms with Crippen LogP contribution in [0.25, 0.3) is 0 Å². The van der Waals surface area contributed by atoms with Crippen LogP contribution in [-0.2, 0) is 17.8 Å². The zero-order chi connectivity index (χ0) is 19.2. The molecule has 1 aliphatic rings. The Morgan fingerprint density at radius 2 is 1.96 bits per heavy atom. The largest absolute Gasteiger partial charge is 0.383 e. The number of hydrogen-bond donors (Lipinski definition) is 1. The van der Waals surface area contributed by atoms with Crippen molar-refractivity contribution in [2.45, 2.75) is 45.8 Å². The van der Waals surface area contributed by atoms with Gasteiger partial charge in [0.15, 0.2) is 0 Å². The second kappa shape index (κ2) is 9.69. The molecule has 0 amide bonds. The number of nitrogens with zero attached hydrogens (tertiary/aromatic N) is 3. The first kappa shape index (κ1) is 20.3. The lowest BCUT2D eigenvalue weighted by molar-refractivity contribution is 0.126. The lowest BCUT2D eigenvalue weighted by Crippen LogP contribution is -2.43. The van der Waals surface area contributed by atoms with Crippen molar-refractivity contribution < 1.29 is 4.74 Å². The van der Waals surface area contributed by atoms with E-state index in [2.05, 4.69) is 34.8 Å². The van der Waals surface area contributed by atoms with E-state index in [4.69, 9.17) is 21.4 Å². The number of ether oxygens (including phenoxy) is 1. The van der Waals surface area contributed by atoms with Crippen LogP contribution in [0.4, 0.5) is 0 Å². The minimum Gasteiger partial charge on any atom is -0.383 e. The van der Waals surface area contributed by atoms with Crippen molar-refractivity contribution in [3.8, 4) is 0 Å². The summed E-state index contributed by atoms with van der Waals surface area (Å²) in [6.45, 7) is 9.99. The van der Waals surface area contributed by atoms with E-state index in [-0.39, 0.29) is 0 Å². The molecule has 0 saturated carbocycles. The highest BCUT2D eigenvalue weighted by atomic mass is 35.5. The van der Waals surface area contributed by atoms with E-state index >= 15 is 0 Å². The van der Waals surface area contributed by atoms with Crippen LogP contribution in [0.15, 0.2) is 24.3 Å². The molecule has 1 N–H and O–H groups in total. The molecule has 148 valence electrons. The maximum absolute atomic E-state index is 6.31. The van der Waals surface area contributed by atoms with Crippen molar-refractivity contribution in [2.24, 2.45) is 0 Å². The average Bonchev–Trinajstić information content (AvgIpc) is 2.94. The average molecular weight is 391 g/mol. The van der Waals surface area contributed by atoms with Crippen LogP contribution in [0.2, 0.25) is 5.02 Å². The molecule has 1 aromatic heterocycles. The van der Waals surface area contributed by atoms with Crippen LogP contribution in [0.1, 0.15) is 35.4 Å². The molecule has 6 heteroatoms. The fourth-order valence-electron chi connectivity index (χ4n) is 3.76. The summed E-state index contributed by atoms with van der Waals surface area (Å²) in [5.41, 5.74) is 4.73. The van der Waals surface area contributed by atoms with Gasteiger partial charge in [0.05, 0.1) is 18.8 Å². The molecular formula is C21H31ClN4O. The van der Waals surface area contributed by atoms with Crippen molar-refractivity contribution in [1.29, 1.82) is 0 Å². The van der Waals surface area contributed by atoms with Crippen molar-refractivity contribution in [3.63, 3.8) is 0 Å². The normalized spacial score (nSPS) is 16.1. The summed E-state index contributed by atoms with van der Waals surface area (Å²) in [6, 6.07) is 8.56. The van der Waals surface area contributed by atoms with E-state index in [0.717, 1.165) is 49.1 Å². The Kier molecular flexibility index (Phi) is 7.30. The molecule has 27 heavy (non-hydrogen) atoms. The third-order valence-corrected chi connectivity index (χ3v) is 5.94. The van der Waals surface area contributed by atoms with Crippen LogP contribution >= 0.6 is 11.6 Å². The zero-order valence-corrected chi connectivity index (χ0v) is 17.4. The Labute approximate surface area is 167 Å². The lowest BCUT2D eigenvalue weighted by Gasteiger charge is -2.32. The summed E-state index contributed by atoms with van der Waals surface area (Å²) in [6.07, 6.45) is 2.38. The monoisotopic (exact) mass is 390 g/mol. The Bertz CT molecular complexity index is 738. The number of aryl methyl sites for hydroxylation is 1. The number of methoxy groups -OCH3 is 1. The van der Waals surface area contributed by atoms with Gasteiger partial charge < -0.3 is 15.0 Å². The molecule has 1 aromatic carbocycles. The third kappa shape index (κ3) is 5.32. The van der Waals surface area contributed by atoms with Gasteiger partial charge in [0.1, 0.15) is 0 Å². The standard InChI is InChI=1S/C21H31ClN4O/c1-16-20(14-23-19-8-10-25(11-9-19)12-13-27-3)17(2)26(24-16)15-18-6-4-5-7-21(18)22/h4-7,19,23H,8-15H2,1-3H3. The van der Waals surface area contributed by atoms with Crippen molar-refractivity contribution >= 4 is 11.6 Å². The molecule has 2 heterocycles. The minimum absolute atomic E-state index is 0.578. The van der Waals surface area contributed by atoms with E-state index in [0.29, 0.717) is 12.6 Å². The number of hydrogen-bond acceptors (Lipinski definition) is 4. The van der Waals surface area contributed by atoms with Gasteiger partial charge >= 0.3 is 0 Å². The second-order valence-corrected chi connectivity index (χ2v) is 7.80. The van der Waals surface area contributed by atoms with E-state index in [9.17, 15) is 0 Å². The molecule has 0 radical (unpaired) electrons. The molecule has 0 aliphatic carbocycles. The van der Waals surface area contributed by atoms with Crippen LogP contribution < -0.4 is 5.32 Å². The summed E-state index contributed by atoms with van der Waals surface area (Å²) < 4.78 is 7.25. The van der Waals surface area contributed by atoms with Crippen molar-refractivity contribution in [3.05, 3.63) is 51.8 Å². The summed E-state index contributed by atoms with van der Waals surface area (Å²) in [5.74, 6) is 0. The molecular weight excluding hydrogens is 360 g/mol. The number of aromatic nitrogens is 2. The number of rotatable bonds is 8. The van der Waals surface area contributed by atoms with E-state index in [1.54, 1.807) is 7.11 Å². The second-order valence-electron chi connectivity index (χ2n) is 7.39. The molecule has 0 spiro atoms. The van der Waals surface area contributed by atoms with Crippen molar-refractivity contribution in [1.82, 2.24) is 20.0 Å². The summed E-state index contributed by atoms with van der Waals surface area (Å²) >= 11 is 6.31. The molecule has 2 aromatic rings. The van der Waals surface area contributed by atoms with Crippen LogP contribution in [-0.4, -0.2) is 54.1 Å². The lowest BCUT2D eigenvalue weighted by atomic mass is 10.0. The third-order valence-electron chi connectivity index (χ3n) is 5.58. The quantitative estimate of drug-likeness (QED) is 0.750. The number of halogens is 1. The van der Waals surface area contributed by atoms with Crippen LogP contribution in [0.5, 0.6) is 0 Å². The van der Waals surface area contributed by atoms with Gasteiger partial charge in [-0.15, -0.1) is 0 Å². The first-order chi connectivity index (χ1) is 13.1. The molecule has 1 aliphatic heterocycles. The van der Waals surface area contributed by atoms with Gasteiger partial charge in [0.2, 0.25) is 0 Å². The molecule has 0 bridgehead atoms. The van der Waals surface area contributed by atoms with Crippen LogP contribution in [0, 0.1) is 13.8 Å². The highest BCUT2D eigenvalue weighted by Crippen LogP contribution is 2.20. The fraction of sp³-hybridized carbons (Fsp3) is 0.571. The van der Waals surface area contributed by atoms with E-state index in [1.807, 2.05) is 18.2 Å². The molecule has 3 rings (SSSR count). The van der Waals surface area contributed by atoms with Crippen LogP contribution in [0.3, 0.4) is 0 Å². The maximum atomic E-state index is 6.31. The first-order valence-electron chi connectivity index (χ1n) is 9.79. The molecule has 5 nitrogen and oxygen atoms in total. The Hall–Kier alpha value is -1.40. The SMILES string of the molecule is COCCN1CCC(NCc2c(C)nn(Cc3ccccc3Cl)c2C)CC1. The molecule has 0 atom stereocenters. The number of piperidine rings is 1. The van der Waals surface area contributed by atoms with Gasteiger partial charge in [-0.25, -0.2) is 0 Å². The Balaban J connectivity index is 1.55. The number of likely N-dealkylation sites (tertiary alicyclic amines) is 1.